The first kappa shape index (κ1) is 18.9. The second kappa shape index (κ2) is 8.58. The Morgan fingerprint density at radius 1 is 1.29 bits per heavy atom. The van der Waals surface area contributed by atoms with Crippen LogP contribution in [0.25, 0.3) is 0 Å². The summed E-state index contributed by atoms with van der Waals surface area (Å²) in [5, 5.41) is 7.29. The number of benzene rings is 1. The van der Waals surface area contributed by atoms with Crippen molar-refractivity contribution >= 4 is 23.3 Å². The van der Waals surface area contributed by atoms with Crippen LogP contribution in [0.5, 0.6) is 5.75 Å². The average molecular weight is 355 g/mol. The molecular formula is C18H27ClN2O3. The molecule has 0 spiro atoms. The number of carbonyl (C=O) groups excluding carboxylic acids is 1. The fourth-order valence-corrected chi connectivity index (χ4v) is 3.26. The zero-order valence-corrected chi connectivity index (χ0v) is 15.6. The zero-order valence-electron chi connectivity index (χ0n) is 14.8. The summed E-state index contributed by atoms with van der Waals surface area (Å²) in [6.45, 7) is 8.13. The van der Waals surface area contributed by atoms with E-state index in [-0.39, 0.29) is 12.1 Å². The van der Waals surface area contributed by atoms with E-state index in [9.17, 15) is 4.79 Å². The topological polar surface area (TPSA) is 59.6 Å². The minimum absolute atomic E-state index is 0.0128. The van der Waals surface area contributed by atoms with Crippen LogP contribution >= 0.6 is 11.6 Å². The van der Waals surface area contributed by atoms with Gasteiger partial charge in [-0.3, -0.25) is 0 Å². The molecular weight excluding hydrogens is 328 g/mol. The molecule has 0 radical (unpaired) electrons. The Morgan fingerprint density at radius 3 is 2.54 bits per heavy atom. The summed E-state index contributed by atoms with van der Waals surface area (Å²) in [5.41, 5.74) is 1.15. The second-order valence-electron chi connectivity index (χ2n) is 6.51. The van der Waals surface area contributed by atoms with Crippen molar-refractivity contribution in [3.8, 4) is 5.75 Å². The van der Waals surface area contributed by atoms with Crippen LogP contribution in [0.1, 0.15) is 44.0 Å². The van der Waals surface area contributed by atoms with E-state index in [4.69, 9.17) is 21.1 Å². The zero-order chi connectivity index (χ0) is 17.7. The number of esters is 1. The van der Waals surface area contributed by atoms with E-state index in [1.54, 1.807) is 12.1 Å². The van der Waals surface area contributed by atoms with Gasteiger partial charge in [-0.05, 0) is 64.8 Å². The molecule has 1 aromatic rings. The Morgan fingerprint density at radius 2 is 1.96 bits per heavy atom. The molecule has 1 atom stereocenters. The number of anilines is 1. The third-order valence-electron chi connectivity index (χ3n) is 4.29. The number of methoxy groups -OCH3 is 1. The molecule has 0 saturated carbocycles. The van der Waals surface area contributed by atoms with Crippen LogP contribution in [-0.2, 0) is 4.74 Å². The van der Waals surface area contributed by atoms with Crippen LogP contribution < -0.4 is 15.4 Å². The first-order chi connectivity index (χ1) is 11.4. The first-order valence-corrected chi connectivity index (χ1v) is 8.86. The lowest BCUT2D eigenvalue weighted by molar-refractivity contribution is 0.0600. The van der Waals surface area contributed by atoms with Gasteiger partial charge in [0.25, 0.3) is 0 Å². The summed E-state index contributed by atoms with van der Waals surface area (Å²) in [6, 6.07) is 3.60. The fourth-order valence-electron chi connectivity index (χ4n) is 3.00. The number of halogens is 1. The van der Waals surface area contributed by atoms with Crippen LogP contribution in [0, 0.1) is 5.92 Å². The van der Waals surface area contributed by atoms with Gasteiger partial charge in [-0.15, -0.1) is 0 Å². The van der Waals surface area contributed by atoms with Gasteiger partial charge in [0.2, 0.25) is 0 Å². The molecule has 24 heavy (non-hydrogen) atoms. The summed E-state index contributed by atoms with van der Waals surface area (Å²) in [7, 11) is 1.36. The molecule has 5 nitrogen and oxygen atoms in total. The maximum absolute atomic E-state index is 11.9. The molecule has 6 heteroatoms. The van der Waals surface area contributed by atoms with E-state index >= 15 is 0 Å². The van der Waals surface area contributed by atoms with Crippen LogP contribution in [0.4, 0.5) is 5.69 Å². The number of rotatable bonds is 6. The van der Waals surface area contributed by atoms with Crippen LogP contribution in [-0.4, -0.2) is 38.3 Å². The molecule has 2 N–H and O–H groups in total. The third-order valence-corrected chi connectivity index (χ3v) is 4.57. The van der Waals surface area contributed by atoms with E-state index in [2.05, 4.69) is 17.6 Å². The van der Waals surface area contributed by atoms with E-state index in [1.165, 1.54) is 7.11 Å². The van der Waals surface area contributed by atoms with Crippen molar-refractivity contribution in [3.05, 3.63) is 22.7 Å². The van der Waals surface area contributed by atoms with Gasteiger partial charge in [0.1, 0.15) is 0 Å². The summed E-state index contributed by atoms with van der Waals surface area (Å²) in [6.07, 6.45) is 2.24. The predicted molar refractivity (Wildman–Crippen MR) is 97.2 cm³/mol. The summed E-state index contributed by atoms with van der Waals surface area (Å²) in [5.74, 6) is 0.740. The number of hydrogen-bond donors (Lipinski definition) is 2. The molecule has 0 bridgehead atoms. The van der Waals surface area contributed by atoms with Gasteiger partial charge in [-0.2, -0.15) is 0 Å². The molecule has 0 aromatic heterocycles. The van der Waals surface area contributed by atoms with Crippen molar-refractivity contribution in [3.63, 3.8) is 0 Å². The van der Waals surface area contributed by atoms with E-state index in [1.807, 2.05) is 13.8 Å². The molecule has 0 unspecified atom stereocenters. The maximum atomic E-state index is 11.9. The van der Waals surface area contributed by atoms with Crippen LogP contribution in [0.15, 0.2) is 12.1 Å². The standard InChI is InChI=1S/C18H27ClN2O3/c1-11(2)24-17-15(19)9-14(18(22)23-4)10-16(17)21-12(3)13-5-7-20-8-6-13/h9-13,20-21H,5-8H2,1-4H3/t12-/m0/s1. The average Bonchev–Trinajstić information content (AvgIpc) is 2.57. The van der Waals surface area contributed by atoms with Crippen molar-refractivity contribution < 1.29 is 14.3 Å². The molecule has 1 fully saturated rings. The number of piperidine rings is 1. The lowest BCUT2D eigenvalue weighted by Crippen LogP contribution is -2.36. The van der Waals surface area contributed by atoms with Crippen molar-refractivity contribution in [1.29, 1.82) is 0 Å². The highest BCUT2D eigenvalue weighted by Gasteiger charge is 2.23. The summed E-state index contributed by atoms with van der Waals surface area (Å²) in [4.78, 5) is 11.9. The molecule has 1 aliphatic heterocycles. The van der Waals surface area contributed by atoms with Gasteiger partial charge < -0.3 is 20.1 Å². The molecule has 1 aromatic carbocycles. The van der Waals surface area contributed by atoms with Gasteiger partial charge in [0.15, 0.2) is 5.75 Å². The highest BCUT2D eigenvalue weighted by atomic mass is 35.5. The molecule has 2 rings (SSSR count). The van der Waals surface area contributed by atoms with Gasteiger partial charge in [-0.25, -0.2) is 4.79 Å². The number of ether oxygens (including phenoxy) is 2. The fraction of sp³-hybridized carbons (Fsp3) is 0.611. The smallest absolute Gasteiger partial charge is 0.337 e. The van der Waals surface area contributed by atoms with Gasteiger partial charge in [-0.1, -0.05) is 11.6 Å². The van der Waals surface area contributed by atoms with Crippen molar-refractivity contribution in [2.45, 2.75) is 45.8 Å². The van der Waals surface area contributed by atoms with Gasteiger partial charge >= 0.3 is 5.97 Å². The van der Waals surface area contributed by atoms with Crippen LogP contribution in [0.3, 0.4) is 0 Å². The van der Waals surface area contributed by atoms with Crippen molar-refractivity contribution in [2.24, 2.45) is 5.92 Å². The summed E-state index contributed by atoms with van der Waals surface area (Å²) >= 11 is 6.37. The van der Waals surface area contributed by atoms with Gasteiger partial charge in [0.05, 0.1) is 29.5 Å². The van der Waals surface area contributed by atoms with Crippen molar-refractivity contribution in [1.82, 2.24) is 5.32 Å². The Balaban J connectivity index is 2.29. The molecule has 1 aliphatic rings. The number of carbonyl (C=O) groups is 1. The molecule has 134 valence electrons. The molecule has 1 heterocycles. The van der Waals surface area contributed by atoms with E-state index in [0.29, 0.717) is 22.3 Å². The lowest BCUT2D eigenvalue weighted by Gasteiger charge is -2.30. The SMILES string of the molecule is COC(=O)c1cc(Cl)c(OC(C)C)c(N[C@@H](C)C2CCNCC2)c1. The largest absolute Gasteiger partial charge is 0.487 e. The summed E-state index contributed by atoms with van der Waals surface area (Å²) < 4.78 is 10.7. The second-order valence-corrected chi connectivity index (χ2v) is 6.92. The predicted octanol–water partition coefficient (Wildman–Crippen LogP) is 3.71. The highest BCUT2D eigenvalue weighted by molar-refractivity contribution is 6.33. The maximum Gasteiger partial charge on any atom is 0.337 e. The molecule has 1 saturated heterocycles. The third kappa shape index (κ3) is 4.77. The Labute approximate surface area is 149 Å². The Hall–Kier alpha value is -1.46. The van der Waals surface area contributed by atoms with Crippen LogP contribution in [0.2, 0.25) is 5.02 Å². The highest BCUT2D eigenvalue weighted by Crippen LogP contribution is 2.37. The number of hydrogen-bond acceptors (Lipinski definition) is 5. The Kier molecular flexibility index (Phi) is 6.75. The number of nitrogens with one attached hydrogen (secondary N) is 2. The van der Waals surface area contributed by atoms with Crippen molar-refractivity contribution in [2.75, 3.05) is 25.5 Å². The van der Waals surface area contributed by atoms with E-state index in [0.717, 1.165) is 31.6 Å². The van der Waals surface area contributed by atoms with E-state index < -0.39 is 5.97 Å². The Bertz CT molecular complexity index is 572. The first-order valence-electron chi connectivity index (χ1n) is 8.48. The normalized spacial score (nSPS) is 16.8. The lowest BCUT2D eigenvalue weighted by atomic mass is 9.91. The molecule has 0 aliphatic carbocycles. The quantitative estimate of drug-likeness (QED) is 0.762. The molecule has 0 amide bonds. The minimum atomic E-state index is -0.412. The minimum Gasteiger partial charge on any atom is -0.487 e. The van der Waals surface area contributed by atoms with Gasteiger partial charge in [0, 0.05) is 6.04 Å². The monoisotopic (exact) mass is 354 g/mol.